The predicted molar refractivity (Wildman–Crippen MR) is 109 cm³/mol. The van der Waals surface area contributed by atoms with Gasteiger partial charge in [0.1, 0.15) is 5.82 Å². The van der Waals surface area contributed by atoms with Gasteiger partial charge in [0.05, 0.1) is 16.1 Å². The van der Waals surface area contributed by atoms with Gasteiger partial charge < -0.3 is 5.32 Å². The van der Waals surface area contributed by atoms with Crippen molar-refractivity contribution < 1.29 is 9.72 Å². The maximum absolute atomic E-state index is 13.0. The van der Waals surface area contributed by atoms with Crippen LogP contribution in [0, 0.1) is 10.1 Å². The van der Waals surface area contributed by atoms with Crippen molar-refractivity contribution in [1.29, 1.82) is 0 Å². The fraction of sp³-hybridized carbons (Fsp3) is 0.211. The van der Waals surface area contributed by atoms with E-state index in [1.54, 1.807) is 24.5 Å². The zero-order valence-corrected chi connectivity index (χ0v) is 16.4. The third-order valence-electron chi connectivity index (χ3n) is 4.43. The average Bonchev–Trinajstić information content (AvgIpc) is 3.32. The van der Waals surface area contributed by atoms with Gasteiger partial charge in [-0.1, -0.05) is 20.8 Å². The van der Waals surface area contributed by atoms with Crippen LogP contribution in [0.5, 0.6) is 0 Å². The minimum absolute atomic E-state index is 0.0349. The molecule has 3 aromatic heterocycles. The van der Waals surface area contributed by atoms with E-state index in [0.717, 1.165) is 5.69 Å². The summed E-state index contributed by atoms with van der Waals surface area (Å²) in [6, 6.07) is 7.59. The SMILES string of the molecule is CC(C)(C)c1cc(NC(=O)c2n[nH]c3ccc([N+](=O)[O-])cc23)n(-c2ncccn2)n1. The number of nitro benzene ring substituents is 1. The van der Waals surface area contributed by atoms with Gasteiger partial charge in [0.2, 0.25) is 0 Å². The third kappa shape index (κ3) is 3.48. The summed E-state index contributed by atoms with van der Waals surface area (Å²) < 4.78 is 1.44. The fourth-order valence-electron chi connectivity index (χ4n) is 2.85. The molecule has 0 bridgehead atoms. The largest absolute Gasteiger partial charge is 0.305 e. The quantitative estimate of drug-likeness (QED) is 0.391. The number of nitrogens with zero attached hydrogens (tertiary/aromatic N) is 6. The second-order valence-corrected chi connectivity index (χ2v) is 7.64. The molecule has 0 atom stereocenters. The summed E-state index contributed by atoms with van der Waals surface area (Å²) in [6.07, 6.45) is 3.15. The molecule has 3 heterocycles. The van der Waals surface area contributed by atoms with E-state index < -0.39 is 10.8 Å². The number of nitrogens with one attached hydrogen (secondary N) is 2. The van der Waals surface area contributed by atoms with Gasteiger partial charge in [-0.25, -0.2) is 9.97 Å². The van der Waals surface area contributed by atoms with Crippen molar-refractivity contribution in [2.75, 3.05) is 5.32 Å². The van der Waals surface area contributed by atoms with E-state index in [1.807, 2.05) is 20.8 Å². The Kier molecular flexibility index (Phi) is 4.49. The number of carbonyl (C=O) groups is 1. The minimum Gasteiger partial charge on any atom is -0.305 e. The second-order valence-electron chi connectivity index (χ2n) is 7.64. The molecule has 0 radical (unpaired) electrons. The molecular weight excluding hydrogens is 388 g/mol. The first-order valence-corrected chi connectivity index (χ1v) is 9.06. The summed E-state index contributed by atoms with van der Waals surface area (Å²) >= 11 is 0. The number of fused-ring (bicyclic) bond motifs is 1. The molecule has 0 fully saturated rings. The smallest absolute Gasteiger partial charge is 0.277 e. The zero-order valence-electron chi connectivity index (χ0n) is 16.4. The lowest BCUT2D eigenvalue weighted by molar-refractivity contribution is -0.384. The van der Waals surface area contributed by atoms with Gasteiger partial charge in [-0.05, 0) is 12.1 Å². The van der Waals surface area contributed by atoms with Crippen molar-refractivity contribution in [3.63, 3.8) is 0 Å². The first-order valence-electron chi connectivity index (χ1n) is 9.06. The number of hydrogen-bond acceptors (Lipinski definition) is 7. The van der Waals surface area contributed by atoms with Crippen LogP contribution in [0.25, 0.3) is 16.9 Å². The Bertz CT molecular complexity index is 1250. The molecule has 0 unspecified atom stereocenters. The molecule has 11 heteroatoms. The Morgan fingerprint density at radius 1 is 1.20 bits per heavy atom. The van der Waals surface area contributed by atoms with Crippen LogP contribution in [0.3, 0.4) is 0 Å². The van der Waals surface area contributed by atoms with Crippen LogP contribution in [0.2, 0.25) is 0 Å². The van der Waals surface area contributed by atoms with Crippen LogP contribution < -0.4 is 5.32 Å². The van der Waals surface area contributed by atoms with E-state index in [-0.39, 0.29) is 16.8 Å². The Morgan fingerprint density at radius 3 is 2.60 bits per heavy atom. The van der Waals surface area contributed by atoms with Crippen molar-refractivity contribution in [3.8, 4) is 5.95 Å². The minimum atomic E-state index is -0.542. The van der Waals surface area contributed by atoms with E-state index in [4.69, 9.17) is 0 Å². The molecule has 11 nitrogen and oxygen atoms in total. The van der Waals surface area contributed by atoms with Gasteiger partial charge in [-0.2, -0.15) is 14.9 Å². The van der Waals surface area contributed by atoms with Crippen LogP contribution in [-0.4, -0.2) is 40.8 Å². The second kappa shape index (κ2) is 7.03. The topological polar surface area (TPSA) is 145 Å². The molecule has 0 aliphatic heterocycles. The first kappa shape index (κ1) is 19.2. The number of anilines is 1. The number of carbonyl (C=O) groups excluding carboxylic acids is 1. The number of aromatic amines is 1. The van der Waals surface area contributed by atoms with Crippen molar-refractivity contribution >= 4 is 28.3 Å². The molecule has 0 spiro atoms. The van der Waals surface area contributed by atoms with Gasteiger partial charge in [-0.15, -0.1) is 0 Å². The maximum Gasteiger partial charge on any atom is 0.277 e. The average molecular weight is 406 g/mol. The Morgan fingerprint density at radius 2 is 1.93 bits per heavy atom. The summed E-state index contributed by atoms with van der Waals surface area (Å²) in [6.45, 7) is 5.99. The molecular formula is C19H18N8O3. The highest BCUT2D eigenvalue weighted by molar-refractivity contribution is 6.11. The lowest BCUT2D eigenvalue weighted by Gasteiger charge is -2.13. The summed E-state index contributed by atoms with van der Waals surface area (Å²) in [5.41, 5.74) is 0.872. The lowest BCUT2D eigenvalue weighted by Crippen LogP contribution is -2.17. The lowest BCUT2D eigenvalue weighted by atomic mass is 9.92. The molecule has 0 saturated carbocycles. The number of benzene rings is 1. The molecule has 4 aromatic rings. The Hall–Kier alpha value is -4.15. The highest BCUT2D eigenvalue weighted by Crippen LogP contribution is 2.27. The summed E-state index contributed by atoms with van der Waals surface area (Å²) in [5.74, 6) is 0.114. The molecule has 0 aliphatic carbocycles. The fourth-order valence-corrected chi connectivity index (χ4v) is 2.85. The van der Waals surface area contributed by atoms with E-state index in [2.05, 4.69) is 30.6 Å². The summed E-state index contributed by atoms with van der Waals surface area (Å²) in [7, 11) is 0. The molecule has 30 heavy (non-hydrogen) atoms. The number of aromatic nitrogens is 6. The van der Waals surface area contributed by atoms with Gasteiger partial charge in [0.15, 0.2) is 5.69 Å². The molecule has 0 saturated heterocycles. The number of non-ortho nitro benzene ring substituents is 1. The van der Waals surface area contributed by atoms with Gasteiger partial charge in [0.25, 0.3) is 17.5 Å². The number of hydrogen-bond donors (Lipinski definition) is 2. The summed E-state index contributed by atoms with van der Waals surface area (Å²) in [4.78, 5) is 31.9. The van der Waals surface area contributed by atoms with Crippen LogP contribution in [0.15, 0.2) is 42.7 Å². The molecule has 1 amide bonds. The van der Waals surface area contributed by atoms with Crippen molar-refractivity contribution in [2.24, 2.45) is 0 Å². The first-order chi connectivity index (χ1) is 14.2. The summed E-state index contributed by atoms with van der Waals surface area (Å²) in [5, 5.41) is 25.5. The van der Waals surface area contributed by atoms with Crippen LogP contribution in [0.1, 0.15) is 37.0 Å². The molecule has 2 N–H and O–H groups in total. The molecule has 1 aromatic carbocycles. The Labute approximate surface area is 170 Å². The van der Waals surface area contributed by atoms with Crippen LogP contribution >= 0.6 is 0 Å². The van der Waals surface area contributed by atoms with Crippen LogP contribution in [0.4, 0.5) is 11.5 Å². The number of nitro groups is 1. The van der Waals surface area contributed by atoms with Crippen molar-refractivity contribution in [2.45, 2.75) is 26.2 Å². The van der Waals surface area contributed by atoms with E-state index >= 15 is 0 Å². The van der Waals surface area contributed by atoms with E-state index in [9.17, 15) is 14.9 Å². The predicted octanol–water partition coefficient (Wildman–Crippen LogP) is 3.00. The molecule has 152 valence electrons. The van der Waals surface area contributed by atoms with Gasteiger partial charge in [0, 0.05) is 41.4 Å². The highest BCUT2D eigenvalue weighted by Gasteiger charge is 2.24. The normalized spacial score (nSPS) is 11.6. The number of rotatable bonds is 4. The van der Waals surface area contributed by atoms with Gasteiger partial charge in [-0.3, -0.25) is 20.0 Å². The van der Waals surface area contributed by atoms with Crippen LogP contribution in [-0.2, 0) is 5.41 Å². The number of H-pyrrole nitrogens is 1. The van der Waals surface area contributed by atoms with E-state index in [1.165, 1.54) is 22.9 Å². The van der Waals surface area contributed by atoms with E-state index in [0.29, 0.717) is 22.7 Å². The third-order valence-corrected chi connectivity index (χ3v) is 4.43. The monoisotopic (exact) mass is 406 g/mol. The standard InChI is InChI=1S/C19H18N8O3/c1-19(2,3)14-10-15(26(25-14)18-20-7-4-8-21-18)22-17(28)16-12-9-11(27(29)30)5-6-13(12)23-24-16/h4-10H,1-3H3,(H,22,28)(H,23,24). The molecule has 0 aliphatic rings. The number of amides is 1. The zero-order chi connectivity index (χ0) is 21.5. The molecule has 4 rings (SSSR count). The maximum atomic E-state index is 13.0. The van der Waals surface area contributed by atoms with Gasteiger partial charge >= 0.3 is 0 Å². The highest BCUT2D eigenvalue weighted by atomic mass is 16.6. The Balaban J connectivity index is 1.75. The van der Waals surface area contributed by atoms with Crippen molar-refractivity contribution in [3.05, 3.63) is 64.2 Å². The van der Waals surface area contributed by atoms with Crippen molar-refractivity contribution in [1.82, 2.24) is 29.9 Å².